The fourth-order valence-electron chi connectivity index (χ4n) is 4.23. The summed E-state index contributed by atoms with van der Waals surface area (Å²) in [5, 5.41) is 7.69. The van der Waals surface area contributed by atoms with Crippen molar-refractivity contribution in [1.29, 1.82) is 0 Å². The second-order valence-electron chi connectivity index (χ2n) is 8.52. The van der Waals surface area contributed by atoms with Crippen LogP contribution in [0.3, 0.4) is 0 Å². The molecular weight excluding hydrogens is 450 g/mol. The fraction of sp³-hybridized carbons (Fsp3) is 0.346. The Morgan fingerprint density at radius 3 is 2.47 bits per heavy atom. The highest BCUT2D eigenvalue weighted by Crippen LogP contribution is 2.31. The van der Waals surface area contributed by atoms with E-state index >= 15 is 0 Å². The zero-order valence-corrected chi connectivity index (χ0v) is 20.0. The van der Waals surface area contributed by atoms with Gasteiger partial charge in [0.2, 0.25) is 11.8 Å². The van der Waals surface area contributed by atoms with Crippen molar-refractivity contribution in [2.45, 2.75) is 51.1 Å². The topological polar surface area (TPSA) is 91.7 Å². The minimum absolute atomic E-state index is 0.109. The Bertz CT molecular complexity index is 1090. The van der Waals surface area contributed by atoms with Crippen molar-refractivity contribution in [1.82, 2.24) is 10.6 Å². The second kappa shape index (κ2) is 11.2. The molecule has 178 valence electrons. The quantitative estimate of drug-likeness (QED) is 0.494. The summed E-state index contributed by atoms with van der Waals surface area (Å²) < 4.78 is 5.12. The first-order valence-corrected chi connectivity index (χ1v) is 12.4. The molecule has 0 saturated heterocycles. The standard InChI is InChI=1S/C26H29N3O4S/c1-18-11-13-20(14-12-18)29(23(30)17-27-25(31)21-9-5-15-33-21)24(22-10-6-16-34-22)26(32)28-19-7-3-2-4-8-19/h5-6,9-16,19,24H,2-4,7-8,17H2,1H3,(H,27,31)(H,28,32). The van der Waals surface area contributed by atoms with Gasteiger partial charge < -0.3 is 15.1 Å². The van der Waals surface area contributed by atoms with E-state index in [1.807, 2.05) is 48.7 Å². The van der Waals surface area contributed by atoms with Crippen molar-refractivity contribution in [3.05, 3.63) is 76.4 Å². The lowest BCUT2D eigenvalue weighted by atomic mass is 9.95. The first kappa shape index (κ1) is 23.8. The summed E-state index contributed by atoms with van der Waals surface area (Å²) in [5.74, 6) is -0.956. The molecule has 4 rings (SSSR count). The molecule has 8 heteroatoms. The smallest absolute Gasteiger partial charge is 0.287 e. The van der Waals surface area contributed by atoms with Crippen molar-refractivity contribution in [3.63, 3.8) is 0 Å². The van der Waals surface area contributed by atoms with Gasteiger partial charge in [0, 0.05) is 16.6 Å². The Kier molecular flexibility index (Phi) is 7.80. The maximum absolute atomic E-state index is 13.6. The van der Waals surface area contributed by atoms with E-state index < -0.39 is 11.9 Å². The number of thiophene rings is 1. The monoisotopic (exact) mass is 479 g/mol. The van der Waals surface area contributed by atoms with Gasteiger partial charge in [-0.25, -0.2) is 0 Å². The maximum Gasteiger partial charge on any atom is 0.287 e. The van der Waals surface area contributed by atoms with Gasteiger partial charge in [0.15, 0.2) is 5.76 Å². The third-order valence-corrected chi connectivity index (χ3v) is 6.92. The van der Waals surface area contributed by atoms with Crippen molar-refractivity contribution < 1.29 is 18.8 Å². The molecule has 2 aromatic heterocycles. The van der Waals surface area contributed by atoms with Crippen LogP contribution in [-0.4, -0.2) is 30.3 Å². The Labute approximate surface area is 203 Å². The number of nitrogens with one attached hydrogen (secondary N) is 2. The number of amides is 3. The third-order valence-electron chi connectivity index (χ3n) is 6.00. The van der Waals surface area contributed by atoms with Gasteiger partial charge in [-0.05, 0) is 55.5 Å². The summed E-state index contributed by atoms with van der Waals surface area (Å²) >= 11 is 1.43. The average molecular weight is 480 g/mol. The number of hydrogen-bond donors (Lipinski definition) is 2. The summed E-state index contributed by atoms with van der Waals surface area (Å²) in [6, 6.07) is 13.6. The Morgan fingerprint density at radius 2 is 1.82 bits per heavy atom. The average Bonchev–Trinajstić information content (AvgIpc) is 3.57. The second-order valence-corrected chi connectivity index (χ2v) is 9.50. The van der Waals surface area contributed by atoms with Gasteiger partial charge in [0.05, 0.1) is 12.8 Å². The van der Waals surface area contributed by atoms with E-state index in [2.05, 4.69) is 10.6 Å². The lowest BCUT2D eigenvalue weighted by Crippen LogP contribution is -2.49. The van der Waals surface area contributed by atoms with E-state index in [1.54, 1.807) is 6.07 Å². The highest BCUT2D eigenvalue weighted by Gasteiger charge is 2.34. The predicted molar refractivity (Wildman–Crippen MR) is 132 cm³/mol. The molecule has 1 atom stereocenters. The highest BCUT2D eigenvalue weighted by atomic mass is 32.1. The van der Waals surface area contributed by atoms with Gasteiger partial charge in [0.1, 0.15) is 6.04 Å². The minimum Gasteiger partial charge on any atom is -0.459 e. The lowest BCUT2D eigenvalue weighted by Gasteiger charge is -2.33. The molecule has 7 nitrogen and oxygen atoms in total. The van der Waals surface area contributed by atoms with Crippen LogP contribution in [0.15, 0.2) is 64.6 Å². The van der Waals surface area contributed by atoms with E-state index in [-0.39, 0.29) is 30.2 Å². The predicted octanol–water partition coefficient (Wildman–Crippen LogP) is 4.60. The number of nitrogens with zero attached hydrogens (tertiary/aromatic N) is 1. The first-order valence-electron chi connectivity index (χ1n) is 11.6. The summed E-state index contributed by atoms with van der Waals surface area (Å²) in [6.07, 6.45) is 6.66. The van der Waals surface area contributed by atoms with Crippen molar-refractivity contribution in [2.24, 2.45) is 0 Å². The molecule has 1 saturated carbocycles. The summed E-state index contributed by atoms with van der Waals surface area (Å²) in [5.41, 5.74) is 1.64. The maximum atomic E-state index is 13.6. The van der Waals surface area contributed by atoms with Crippen molar-refractivity contribution >= 4 is 34.7 Å². The Morgan fingerprint density at radius 1 is 1.06 bits per heavy atom. The van der Waals surface area contributed by atoms with Gasteiger partial charge in [-0.3, -0.25) is 19.3 Å². The minimum atomic E-state index is -0.836. The van der Waals surface area contributed by atoms with E-state index in [4.69, 9.17) is 4.42 Å². The van der Waals surface area contributed by atoms with Crippen LogP contribution < -0.4 is 15.5 Å². The van der Waals surface area contributed by atoms with Gasteiger partial charge in [-0.15, -0.1) is 11.3 Å². The van der Waals surface area contributed by atoms with Crippen LogP contribution in [0.2, 0.25) is 0 Å². The molecule has 0 radical (unpaired) electrons. The van der Waals surface area contributed by atoms with Gasteiger partial charge in [-0.2, -0.15) is 0 Å². The normalized spacial score (nSPS) is 14.9. The molecule has 1 fully saturated rings. The molecular formula is C26H29N3O4S. The number of benzene rings is 1. The van der Waals surface area contributed by atoms with Crippen LogP contribution in [0.25, 0.3) is 0 Å². The van der Waals surface area contributed by atoms with E-state index in [9.17, 15) is 14.4 Å². The van der Waals surface area contributed by atoms with Gasteiger partial charge in [-0.1, -0.05) is 43.0 Å². The van der Waals surface area contributed by atoms with Crippen LogP contribution in [0, 0.1) is 6.92 Å². The largest absolute Gasteiger partial charge is 0.459 e. The molecule has 0 aliphatic heterocycles. The zero-order valence-electron chi connectivity index (χ0n) is 19.2. The molecule has 0 bridgehead atoms. The number of carbonyl (C=O) groups is 3. The number of furan rings is 1. The van der Waals surface area contributed by atoms with Crippen LogP contribution in [-0.2, 0) is 9.59 Å². The SMILES string of the molecule is Cc1ccc(N(C(=O)CNC(=O)c2ccco2)C(C(=O)NC2CCCCC2)c2cccs2)cc1. The molecule has 1 aliphatic carbocycles. The summed E-state index contributed by atoms with van der Waals surface area (Å²) in [6.45, 7) is 1.69. The summed E-state index contributed by atoms with van der Waals surface area (Å²) in [4.78, 5) is 41.8. The molecule has 3 amide bonds. The van der Waals surface area contributed by atoms with Crippen LogP contribution >= 0.6 is 11.3 Å². The third kappa shape index (κ3) is 5.75. The molecule has 0 spiro atoms. The number of aryl methyl sites for hydroxylation is 1. The van der Waals surface area contributed by atoms with Crippen LogP contribution in [0.1, 0.15) is 59.1 Å². The van der Waals surface area contributed by atoms with Crippen molar-refractivity contribution in [3.8, 4) is 0 Å². The van der Waals surface area contributed by atoms with Gasteiger partial charge >= 0.3 is 0 Å². The number of hydrogen-bond acceptors (Lipinski definition) is 5. The van der Waals surface area contributed by atoms with E-state index in [0.717, 1.165) is 36.1 Å². The molecule has 1 unspecified atom stereocenters. The molecule has 3 aromatic rings. The van der Waals surface area contributed by atoms with Crippen LogP contribution in [0.4, 0.5) is 5.69 Å². The fourth-order valence-corrected chi connectivity index (χ4v) is 5.04. The van der Waals surface area contributed by atoms with Crippen LogP contribution in [0.5, 0.6) is 0 Å². The highest BCUT2D eigenvalue weighted by molar-refractivity contribution is 7.10. The number of anilines is 1. The molecule has 2 heterocycles. The molecule has 1 aliphatic rings. The summed E-state index contributed by atoms with van der Waals surface area (Å²) in [7, 11) is 0. The van der Waals surface area contributed by atoms with Crippen molar-refractivity contribution in [2.75, 3.05) is 11.4 Å². The Hall–Kier alpha value is -3.39. The van der Waals surface area contributed by atoms with E-state index in [1.165, 1.54) is 35.0 Å². The Balaban J connectivity index is 1.62. The molecule has 2 N–H and O–H groups in total. The van der Waals surface area contributed by atoms with Gasteiger partial charge in [0.25, 0.3) is 5.91 Å². The van der Waals surface area contributed by atoms with E-state index in [0.29, 0.717) is 5.69 Å². The molecule has 1 aromatic carbocycles. The first-order chi connectivity index (χ1) is 16.5. The molecule has 34 heavy (non-hydrogen) atoms. The zero-order chi connectivity index (χ0) is 23.9. The lowest BCUT2D eigenvalue weighted by molar-refractivity contribution is -0.126. The number of rotatable bonds is 8. The number of carbonyl (C=O) groups excluding carboxylic acids is 3.